The fourth-order valence-electron chi connectivity index (χ4n) is 4.63. The lowest BCUT2D eigenvalue weighted by Gasteiger charge is -2.30. The number of benzene rings is 2. The summed E-state index contributed by atoms with van der Waals surface area (Å²) < 4.78 is 5.51. The first kappa shape index (κ1) is 20.9. The number of carbonyl (C=O) groups excluding carboxylic acids is 2. The molecule has 0 radical (unpaired) electrons. The predicted octanol–water partition coefficient (Wildman–Crippen LogP) is 4.49. The summed E-state index contributed by atoms with van der Waals surface area (Å²) in [5.74, 6) is -0.454. The molecule has 4 rings (SSSR count). The molecule has 2 unspecified atom stereocenters. The van der Waals surface area contributed by atoms with Crippen LogP contribution in [0, 0.1) is 5.92 Å². The number of hydrogen-bond donors (Lipinski definition) is 0. The Hall–Kier alpha value is -2.37. The molecule has 5 nitrogen and oxygen atoms in total. The molecule has 2 saturated heterocycles. The van der Waals surface area contributed by atoms with Crippen molar-refractivity contribution in [3.63, 3.8) is 0 Å². The zero-order valence-corrected chi connectivity index (χ0v) is 18.4. The fraction of sp³-hybridized carbons (Fsp3) is 0.417. The number of carbonyl (C=O) groups is 2. The van der Waals surface area contributed by atoms with Crippen molar-refractivity contribution in [2.75, 3.05) is 19.6 Å². The van der Waals surface area contributed by atoms with Gasteiger partial charge in [0, 0.05) is 36.6 Å². The van der Waals surface area contributed by atoms with Gasteiger partial charge in [0.25, 0.3) is 0 Å². The minimum atomic E-state index is -0.651. The number of nitrogens with zero attached hydrogens (tertiary/aromatic N) is 2. The number of fused-ring (bicyclic) bond motifs is 1. The van der Waals surface area contributed by atoms with Crippen LogP contribution in [0.2, 0.25) is 5.02 Å². The van der Waals surface area contributed by atoms with Crippen molar-refractivity contribution in [3.8, 4) is 0 Å². The van der Waals surface area contributed by atoms with Crippen LogP contribution in [0.15, 0.2) is 54.6 Å². The first-order valence-corrected chi connectivity index (χ1v) is 10.6. The van der Waals surface area contributed by atoms with Crippen molar-refractivity contribution >= 4 is 23.6 Å². The number of rotatable bonds is 3. The molecule has 0 N–H and O–H groups in total. The summed E-state index contributed by atoms with van der Waals surface area (Å²) in [7, 11) is 0. The highest BCUT2D eigenvalue weighted by molar-refractivity contribution is 6.30. The minimum Gasteiger partial charge on any atom is -0.443 e. The second-order valence-corrected chi connectivity index (χ2v) is 9.71. The Morgan fingerprint density at radius 2 is 1.77 bits per heavy atom. The third-order valence-corrected chi connectivity index (χ3v) is 6.15. The van der Waals surface area contributed by atoms with Gasteiger partial charge in [-0.15, -0.1) is 0 Å². The SMILES string of the molecule is CC(C)(C)OC(=O)N1CC2(c3ccc(Cl)cc3)CN(Cc3ccccc3)CC2C1=O. The van der Waals surface area contributed by atoms with Gasteiger partial charge in [-0.3, -0.25) is 9.69 Å². The summed E-state index contributed by atoms with van der Waals surface area (Å²) in [6.45, 7) is 7.81. The van der Waals surface area contributed by atoms with E-state index in [1.165, 1.54) is 10.5 Å². The number of halogens is 1. The van der Waals surface area contributed by atoms with E-state index >= 15 is 0 Å². The van der Waals surface area contributed by atoms with Crippen molar-refractivity contribution in [1.29, 1.82) is 0 Å². The van der Waals surface area contributed by atoms with E-state index in [0.717, 1.165) is 12.1 Å². The fourth-order valence-corrected chi connectivity index (χ4v) is 4.75. The number of hydrogen-bond acceptors (Lipinski definition) is 4. The van der Waals surface area contributed by atoms with Crippen LogP contribution in [0.3, 0.4) is 0 Å². The molecule has 2 aliphatic heterocycles. The first-order valence-electron chi connectivity index (χ1n) is 10.2. The van der Waals surface area contributed by atoms with E-state index in [2.05, 4.69) is 17.0 Å². The molecule has 6 heteroatoms. The third kappa shape index (κ3) is 3.96. The second kappa shape index (κ2) is 7.71. The Morgan fingerprint density at radius 1 is 1.10 bits per heavy atom. The third-order valence-electron chi connectivity index (χ3n) is 5.90. The van der Waals surface area contributed by atoms with Crippen LogP contribution in [0.1, 0.15) is 31.9 Å². The van der Waals surface area contributed by atoms with Crippen LogP contribution in [0.5, 0.6) is 0 Å². The van der Waals surface area contributed by atoms with Crippen LogP contribution < -0.4 is 0 Å². The molecule has 2 atom stereocenters. The summed E-state index contributed by atoms with van der Waals surface area (Å²) in [6, 6.07) is 17.9. The highest BCUT2D eigenvalue weighted by Gasteiger charge is 2.60. The van der Waals surface area contributed by atoms with Gasteiger partial charge in [-0.2, -0.15) is 0 Å². The molecule has 2 aliphatic rings. The minimum absolute atomic E-state index is 0.158. The van der Waals surface area contributed by atoms with Gasteiger partial charge in [0.1, 0.15) is 5.60 Å². The Morgan fingerprint density at radius 3 is 2.40 bits per heavy atom. The molecule has 2 fully saturated rings. The number of amides is 2. The highest BCUT2D eigenvalue weighted by Crippen LogP contribution is 2.46. The van der Waals surface area contributed by atoms with Crippen molar-refractivity contribution in [1.82, 2.24) is 9.80 Å². The average Bonchev–Trinajstić information content (AvgIpc) is 3.17. The molecule has 158 valence electrons. The standard InChI is InChI=1S/C24H27ClN2O3/c1-23(2,3)30-22(29)27-16-24(18-9-11-19(25)12-10-18)15-26(14-20(24)21(27)28)13-17-7-5-4-6-8-17/h4-12,20H,13-16H2,1-3H3. The molecular weight excluding hydrogens is 400 g/mol. The molecule has 0 spiro atoms. The van der Waals surface area contributed by atoms with Gasteiger partial charge in [0.05, 0.1) is 5.92 Å². The van der Waals surface area contributed by atoms with Gasteiger partial charge in [0.15, 0.2) is 0 Å². The zero-order valence-electron chi connectivity index (χ0n) is 17.6. The maximum atomic E-state index is 13.3. The smallest absolute Gasteiger partial charge is 0.417 e. The van der Waals surface area contributed by atoms with E-state index in [1.54, 1.807) is 0 Å². The summed E-state index contributed by atoms with van der Waals surface area (Å²) in [4.78, 5) is 29.7. The zero-order chi connectivity index (χ0) is 21.5. The molecular formula is C24H27ClN2O3. The molecule has 2 amide bonds. The van der Waals surface area contributed by atoms with Crippen molar-refractivity contribution in [2.24, 2.45) is 5.92 Å². The number of ether oxygens (including phenoxy) is 1. The summed E-state index contributed by atoms with van der Waals surface area (Å²) in [5.41, 5.74) is 1.13. The second-order valence-electron chi connectivity index (χ2n) is 9.28. The van der Waals surface area contributed by atoms with Gasteiger partial charge < -0.3 is 4.74 Å². The van der Waals surface area contributed by atoms with Crippen LogP contribution in [0.4, 0.5) is 4.79 Å². The van der Waals surface area contributed by atoms with E-state index in [0.29, 0.717) is 24.7 Å². The molecule has 0 bridgehead atoms. The van der Waals surface area contributed by atoms with Gasteiger partial charge in [0.2, 0.25) is 5.91 Å². The molecule has 2 aromatic carbocycles. The summed E-state index contributed by atoms with van der Waals surface area (Å²) in [5, 5.41) is 0.652. The van der Waals surface area contributed by atoms with E-state index < -0.39 is 17.1 Å². The molecule has 2 aromatic rings. The van der Waals surface area contributed by atoms with E-state index in [9.17, 15) is 9.59 Å². The maximum Gasteiger partial charge on any atom is 0.417 e. The highest BCUT2D eigenvalue weighted by atomic mass is 35.5. The summed E-state index contributed by atoms with van der Waals surface area (Å²) in [6.07, 6.45) is -0.565. The largest absolute Gasteiger partial charge is 0.443 e. The topological polar surface area (TPSA) is 49.9 Å². The Labute approximate surface area is 182 Å². The lowest BCUT2D eigenvalue weighted by molar-refractivity contribution is -0.130. The van der Waals surface area contributed by atoms with Crippen molar-refractivity contribution in [2.45, 2.75) is 38.3 Å². The lowest BCUT2D eigenvalue weighted by Crippen LogP contribution is -2.42. The quantitative estimate of drug-likeness (QED) is 0.725. The Balaban J connectivity index is 1.64. The molecule has 0 aromatic heterocycles. The molecule has 2 heterocycles. The molecule has 30 heavy (non-hydrogen) atoms. The molecule has 0 saturated carbocycles. The Kier molecular flexibility index (Phi) is 5.37. The number of likely N-dealkylation sites (tertiary alicyclic amines) is 2. The van der Waals surface area contributed by atoms with Crippen molar-refractivity contribution in [3.05, 3.63) is 70.7 Å². The Bertz CT molecular complexity index is 939. The van der Waals surface area contributed by atoms with Crippen LogP contribution in [-0.2, 0) is 21.5 Å². The summed E-state index contributed by atoms with van der Waals surface area (Å²) >= 11 is 6.11. The first-order chi connectivity index (χ1) is 14.2. The van der Waals surface area contributed by atoms with Gasteiger partial charge in [-0.1, -0.05) is 54.1 Å². The molecule has 0 aliphatic carbocycles. The predicted molar refractivity (Wildman–Crippen MR) is 116 cm³/mol. The van der Waals surface area contributed by atoms with Gasteiger partial charge in [-0.25, -0.2) is 9.69 Å². The lowest BCUT2D eigenvalue weighted by atomic mass is 9.75. The van der Waals surface area contributed by atoms with E-state index in [1.807, 2.05) is 63.2 Å². The number of imide groups is 1. The van der Waals surface area contributed by atoms with E-state index in [4.69, 9.17) is 16.3 Å². The van der Waals surface area contributed by atoms with E-state index in [-0.39, 0.29) is 11.8 Å². The van der Waals surface area contributed by atoms with Crippen LogP contribution in [0.25, 0.3) is 0 Å². The normalized spacial score (nSPS) is 24.2. The monoisotopic (exact) mass is 426 g/mol. The average molecular weight is 427 g/mol. The van der Waals surface area contributed by atoms with Gasteiger partial charge >= 0.3 is 6.09 Å². The maximum absolute atomic E-state index is 13.3. The van der Waals surface area contributed by atoms with Crippen LogP contribution in [-0.4, -0.2) is 47.0 Å². The van der Waals surface area contributed by atoms with Crippen LogP contribution >= 0.6 is 11.6 Å². The van der Waals surface area contributed by atoms with Gasteiger partial charge in [-0.05, 0) is 44.0 Å². The van der Waals surface area contributed by atoms with Crippen molar-refractivity contribution < 1.29 is 14.3 Å².